The number of anilines is 1. The molecule has 1 aromatic carbocycles. The van der Waals surface area contributed by atoms with Crippen LogP contribution < -0.4 is 5.32 Å². The molecule has 1 aliphatic heterocycles. The van der Waals surface area contributed by atoms with Gasteiger partial charge in [0.25, 0.3) is 0 Å². The summed E-state index contributed by atoms with van der Waals surface area (Å²) in [7, 11) is 0. The van der Waals surface area contributed by atoms with Gasteiger partial charge in [0.1, 0.15) is 5.82 Å². The average molecular weight is 351 g/mol. The van der Waals surface area contributed by atoms with Gasteiger partial charge in [-0.1, -0.05) is 30.3 Å². The number of nitrogens with zero attached hydrogens (tertiary/aromatic N) is 2. The predicted molar refractivity (Wildman–Crippen MR) is 104 cm³/mol. The van der Waals surface area contributed by atoms with E-state index in [2.05, 4.69) is 45.5 Å². The van der Waals surface area contributed by atoms with Crippen LogP contribution in [0.15, 0.2) is 54.7 Å². The lowest BCUT2D eigenvalue weighted by Crippen LogP contribution is -2.26. The molecular formula is C21H25N3O2. The molecule has 1 N–H and O–H groups in total. The van der Waals surface area contributed by atoms with Crippen molar-refractivity contribution in [3.63, 3.8) is 0 Å². The number of likely N-dealkylation sites (tertiary alicyclic amines) is 1. The lowest BCUT2D eigenvalue weighted by Gasteiger charge is -2.17. The van der Waals surface area contributed by atoms with Crippen LogP contribution in [0.3, 0.4) is 0 Å². The summed E-state index contributed by atoms with van der Waals surface area (Å²) in [5.41, 5.74) is 2.23. The molecule has 0 aliphatic carbocycles. The fourth-order valence-corrected chi connectivity index (χ4v) is 3.09. The lowest BCUT2D eigenvalue weighted by atomic mass is 10.2. The Morgan fingerprint density at radius 3 is 2.88 bits per heavy atom. The van der Waals surface area contributed by atoms with Gasteiger partial charge in [-0.25, -0.2) is 9.78 Å². The van der Waals surface area contributed by atoms with E-state index < -0.39 is 0 Å². The fraction of sp³-hybridized carbons (Fsp3) is 0.333. The summed E-state index contributed by atoms with van der Waals surface area (Å²) in [6, 6.07) is 14.9. The number of pyridine rings is 1. The molecular weight excluding hydrogens is 326 g/mol. The highest BCUT2D eigenvalue weighted by molar-refractivity contribution is 5.86. The molecule has 5 nitrogen and oxygen atoms in total. The van der Waals surface area contributed by atoms with Gasteiger partial charge in [-0.3, -0.25) is 4.90 Å². The molecule has 3 rings (SSSR count). The zero-order valence-electron chi connectivity index (χ0n) is 15.1. The van der Waals surface area contributed by atoms with Crippen molar-refractivity contribution in [1.29, 1.82) is 0 Å². The number of carbonyl (C=O) groups is 1. The van der Waals surface area contributed by atoms with Crippen LogP contribution >= 0.6 is 0 Å². The summed E-state index contributed by atoms with van der Waals surface area (Å²) < 4.78 is 4.87. The number of esters is 1. The highest BCUT2D eigenvalue weighted by Gasteiger charge is 2.22. The maximum Gasteiger partial charge on any atom is 0.330 e. The van der Waals surface area contributed by atoms with E-state index in [1.54, 1.807) is 19.2 Å². The van der Waals surface area contributed by atoms with Crippen LogP contribution in [0.1, 0.15) is 24.5 Å². The molecule has 136 valence electrons. The van der Waals surface area contributed by atoms with Crippen LogP contribution in [0.2, 0.25) is 0 Å². The number of nitrogens with one attached hydrogen (secondary N) is 1. The van der Waals surface area contributed by atoms with Crippen molar-refractivity contribution in [1.82, 2.24) is 9.88 Å². The smallest absolute Gasteiger partial charge is 0.330 e. The maximum atomic E-state index is 11.3. The van der Waals surface area contributed by atoms with Crippen molar-refractivity contribution >= 4 is 17.9 Å². The number of aromatic nitrogens is 1. The van der Waals surface area contributed by atoms with Crippen LogP contribution in [-0.4, -0.2) is 41.6 Å². The van der Waals surface area contributed by atoms with Crippen molar-refractivity contribution in [3.05, 3.63) is 65.9 Å². The third-order valence-electron chi connectivity index (χ3n) is 4.36. The van der Waals surface area contributed by atoms with Crippen LogP contribution in [0, 0.1) is 0 Å². The first kappa shape index (κ1) is 18.1. The zero-order valence-corrected chi connectivity index (χ0v) is 15.1. The third kappa shape index (κ3) is 5.43. The Morgan fingerprint density at radius 1 is 1.31 bits per heavy atom. The molecule has 0 radical (unpaired) electrons. The Labute approximate surface area is 154 Å². The quantitative estimate of drug-likeness (QED) is 0.612. The van der Waals surface area contributed by atoms with Gasteiger partial charge in [0.05, 0.1) is 6.61 Å². The van der Waals surface area contributed by atoms with Gasteiger partial charge in [0.15, 0.2) is 0 Å². The fourth-order valence-electron chi connectivity index (χ4n) is 3.09. The van der Waals surface area contributed by atoms with E-state index in [1.165, 1.54) is 11.6 Å². The molecule has 26 heavy (non-hydrogen) atoms. The first-order chi connectivity index (χ1) is 12.7. The van der Waals surface area contributed by atoms with Gasteiger partial charge in [0.2, 0.25) is 0 Å². The molecule has 1 saturated heterocycles. The molecule has 1 fully saturated rings. The lowest BCUT2D eigenvalue weighted by molar-refractivity contribution is -0.137. The maximum absolute atomic E-state index is 11.3. The number of carbonyl (C=O) groups excluding carboxylic acids is 1. The van der Waals surface area contributed by atoms with E-state index in [-0.39, 0.29) is 5.97 Å². The minimum atomic E-state index is -0.334. The number of hydrogen-bond donors (Lipinski definition) is 1. The van der Waals surface area contributed by atoms with E-state index in [9.17, 15) is 4.79 Å². The van der Waals surface area contributed by atoms with Gasteiger partial charge < -0.3 is 10.1 Å². The number of ether oxygens (including phenoxy) is 1. The van der Waals surface area contributed by atoms with Crippen LogP contribution in [0.5, 0.6) is 0 Å². The van der Waals surface area contributed by atoms with Gasteiger partial charge in [0, 0.05) is 37.9 Å². The molecule has 0 amide bonds. The van der Waals surface area contributed by atoms with E-state index in [0.717, 1.165) is 37.4 Å². The second-order valence-corrected chi connectivity index (χ2v) is 6.41. The summed E-state index contributed by atoms with van der Waals surface area (Å²) in [4.78, 5) is 18.2. The molecule has 2 aromatic rings. The third-order valence-corrected chi connectivity index (χ3v) is 4.36. The summed E-state index contributed by atoms with van der Waals surface area (Å²) in [5.74, 6) is 0.531. The second-order valence-electron chi connectivity index (χ2n) is 6.41. The van der Waals surface area contributed by atoms with E-state index >= 15 is 0 Å². The highest BCUT2D eigenvalue weighted by atomic mass is 16.5. The Kier molecular flexibility index (Phi) is 6.39. The van der Waals surface area contributed by atoms with Crippen molar-refractivity contribution in [2.24, 2.45) is 0 Å². The molecule has 0 spiro atoms. The summed E-state index contributed by atoms with van der Waals surface area (Å²) in [5, 5.41) is 3.50. The Bertz CT molecular complexity index is 729. The highest BCUT2D eigenvalue weighted by Crippen LogP contribution is 2.17. The summed E-state index contributed by atoms with van der Waals surface area (Å²) >= 11 is 0. The molecule has 1 atom stereocenters. The molecule has 2 heterocycles. The molecule has 0 bridgehead atoms. The average Bonchev–Trinajstić information content (AvgIpc) is 3.09. The van der Waals surface area contributed by atoms with Crippen LogP contribution in [0.25, 0.3) is 6.08 Å². The Hall–Kier alpha value is -2.66. The summed E-state index contributed by atoms with van der Waals surface area (Å²) in [6.45, 7) is 5.27. The van der Waals surface area contributed by atoms with Crippen molar-refractivity contribution in [2.45, 2.75) is 25.9 Å². The van der Waals surface area contributed by atoms with Gasteiger partial charge >= 0.3 is 5.97 Å². The van der Waals surface area contributed by atoms with Crippen LogP contribution in [0.4, 0.5) is 5.82 Å². The van der Waals surface area contributed by atoms with Crippen molar-refractivity contribution < 1.29 is 9.53 Å². The van der Waals surface area contributed by atoms with Gasteiger partial charge in [-0.05, 0) is 42.7 Å². The monoisotopic (exact) mass is 351 g/mol. The number of benzene rings is 1. The van der Waals surface area contributed by atoms with E-state index in [1.807, 2.05) is 12.1 Å². The molecule has 0 saturated carbocycles. The first-order valence-electron chi connectivity index (χ1n) is 9.06. The largest absolute Gasteiger partial charge is 0.463 e. The Balaban J connectivity index is 1.48. The zero-order chi connectivity index (χ0) is 18.2. The molecule has 1 aliphatic rings. The van der Waals surface area contributed by atoms with Crippen LogP contribution in [-0.2, 0) is 16.1 Å². The Morgan fingerprint density at radius 2 is 2.15 bits per heavy atom. The minimum Gasteiger partial charge on any atom is -0.463 e. The van der Waals surface area contributed by atoms with E-state index in [0.29, 0.717) is 12.6 Å². The standard InChI is InChI=1S/C21H25N3O2/c1-2-26-21(25)11-9-17-8-10-20(22-14-17)23-19-12-13-24(16-19)15-18-6-4-3-5-7-18/h3-11,14,19H,2,12-13,15-16H2,1H3,(H,22,23)/t19-/m0/s1. The first-order valence-corrected chi connectivity index (χ1v) is 9.06. The second kappa shape index (κ2) is 9.15. The number of rotatable bonds is 7. The normalized spacial score (nSPS) is 17.5. The van der Waals surface area contributed by atoms with Crippen molar-refractivity contribution in [2.75, 3.05) is 25.0 Å². The topological polar surface area (TPSA) is 54.5 Å². The van der Waals surface area contributed by atoms with Gasteiger partial charge in [-0.2, -0.15) is 0 Å². The molecule has 1 aromatic heterocycles. The number of hydrogen-bond acceptors (Lipinski definition) is 5. The predicted octanol–water partition coefficient (Wildman–Crippen LogP) is 3.34. The van der Waals surface area contributed by atoms with E-state index in [4.69, 9.17) is 4.74 Å². The SMILES string of the molecule is CCOC(=O)C=Cc1ccc(N[C@H]2CCN(Cc3ccccc3)C2)nc1. The minimum absolute atomic E-state index is 0.334. The van der Waals surface area contributed by atoms with Gasteiger partial charge in [-0.15, -0.1) is 0 Å². The molecule has 0 unspecified atom stereocenters. The molecule has 5 heteroatoms. The van der Waals surface area contributed by atoms with Crippen molar-refractivity contribution in [3.8, 4) is 0 Å². The summed E-state index contributed by atoms with van der Waals surface area (Å²) in [6.07, 6.45) is 6.01.